The average Bonchev–Trinajstić information content (AvgIpc) is 3.42. The molecule has 5 heteroatoms. The summed E-state index contributed by atoms with van der Waals surface area (Å²) >= 11 is 0. The van der Waals surface area contributed by atoms with Crippen LogP contribution in [0.1, 0.15) is 57.1 Å². The van der Waals surface area contributed by atoms with Gasteiger partial charge in [0.2, 0.25) is 0 Å². The Hall–Kier alpha value is -4.82. The SMILES string of the molecule is C[C@@H]1C[C@@H]2C[C@H](C)CC(c3ccc(-c4nc(-c5ccccc5)nc(-c5ccc6oc7c(C#N)cccc7c6c5)n4)cc3)(C1)C2. The number of aromatic nitrogens is 3. The molecule has 1 unspecified atom stereocenters. The number of nitriles is 1. The molecule has 0 amide bonds. The number of hydrogen-bond acceptors (Lipinski definition) is 5. The first-order valence-corrected chi connectivity index (χ1v) is 15.8. The summed E-state index contributed by atoms with van der Waals surface area (Å²) in [5, 5.41) is 11.4. The Morgan fingerprint density at radius 3 is 2.00 bits per heavy atom. The Morgan fingerprint density at radius 2 is 1.32 bits per heavy atom. The fourth-order valence-electron chi connectivity index (χ4n) is 8.41. The van der Waals surface area contributed by atoms with Crippen molar-refractivity contribution in [2.45, 2.75) is 51.4 Å². The van der Waals surface area contributed by atoms with Gasteiger partial charge in [-0.1, -0.05) is 80.6 Å². The summed E-state index contributed by atoms with van der Waals surface area (Å²) in [6, 6.07) is 33.1. The van der Waals surface area contributed by atoms with E-state index in [1.54, 1.807) is 6.07 Å². The maximum atomic E-state index is 9.59. The lowest BCUT2D eigenvalue weighted by Gasteiger charge is -2.50. The summed E-state index contributed by atoms with van der Waals surface area (Å²) in [5.74, 6) is 4.30. The Balaban J connectivity index is 1.23. The van der Waals surface area contributed by atoms with Crippen LogP contribution >= 0.6 is 0 Å². The van der Waals surface area contributed by atoms with Gasteiger partial charge < -0.3 is 4.42 Å². The highest BCUT2D eigenvalue weighted by molar-refractivity contribution is 6.07. The molecule has 0 aliphatic heterocycles. The monoisotopic (exact) mass is 574 g/mol. The van der Waals surface area contributed by atoms with E-state index in [2.05, 4.69) is 50.2 Å². The molecule has 216 valence electrons. The zero-order valence-corrected chi connectivity index (χ0v) is 25.1. The number of fused-ring (bicyclic) bond motifs is 5. The molecule has 2 saturated carbocycles. The van der Waals surface area contributed by atoms with E-state index in [0.29, 0.717) is 28.6 Å². The summed E-state index contributed by atoms with van der Waals surface area (Å²) in [7, 11) is 0. The van der Waals surface area contributed by atoms with Crippen molar-refractivity contribution in [3.8, 4) is 40.2 Å². The molecule has 44 heavy (non-hydrogen) atoms. The van der Waals surface area contributed by atoms with Crippen LogP contribution in [0.3, 0.4) is 0 Å². The van der Waals surface area contributed by atoms with E-state index in [1.165, 1.54) is 37.7 Å². The largest absolute Gasteiger partial charge is 0.455 e. The number of furan rings is 1. The molecule has 0 N–H and O–H groups in total. The van der Waals surface area contributed by atoms with Gasteiger partial charge in [0.15, 0.2) is 23.1 Å². The van der Waals surface area contributed by atoms with Crippen LogP contribution in [0.25, 0.3) is 56.1 Å². The number of hydrogen-bond donors (Lipinski definition) is 0. The lowest BCUT2D eigenvalue weighted by atomic mass is 9.54. The van der Waals surface area contributed by atoms with Gasteiger partial charge in [0.25, 0.3) is 0 Å². The molecular formula is C39H34N4O. The lowest BCUT2D eigenvalue weighted by molar-refractivity contribution is 0.0780. The van der Waals surface area contributed by atoms with Crippen molar-refractivity contribution in [2.24, 2.45) is 17.8 Å². The van der Waals surface area contributed by atoms with Gasteiger partial charge in [0, 0.05) is 27.5 Å². The zero-order valence-electron chi connectivity index (χ0n) is 25.1. The van der Waals surface area contributed by atoms with E-state index in [-0.39, 0.29) is 5.41 Å². The average molecular weight is 575 g/mol. The van der Waals surface area contributed by atoms with Gasteiger partial charge in [-0.15, -0.1) is 0 Å². The fourth-order valence-corrected chi connectivity index (χ4v) is 8.41. The van der Waals surface area contributed by atoms with Crippen molar-refractivity contribution in [2.75, 3.05) is 0 Å². The first kappa shape index (κ1) is 26.8. The van der Waals surface area contributed by atoms with E-state index < -0.39 is 0 Å². The van der Waals surface area contributed by atoms with Gasteiger partial charge in [-0.05, 0) is 85.1 Å². The standard InChI is InChI=1S/C39H34N4O/c1-24-17-26-18-25(2)21-39(20-24,22-26)31-14-11-28(12-15-31)37-41-36(27-7-4-3-5-8-27)42-38(43-37)29-13-16-34-33(19-29)32-10-6-9-30(23-40)35(32)44-34/h3-16,19,24-26H,17-18,20-22H2,1-2H3/t24-,25+,26-,39?. The van der Waals surface area contributed by atoms with Gasteiger partial charge in [-0.3, -0.25) is 0 Å². The minimum atomic E-state index is 0.284. The highest BCUT2D eigenvalue weighted by Gasteiger charge is 2.45. The first-order valence-electron chi connectivity index (χ1n) is 15.8. The van der Waals surface area contributed by atoms with Crippen LogP contribution in [-0.2, 0) is 5.41 Å². The van der Waals surface area contributed by atoms with Crippen molar-refractivity contribution in [3.05, 3.63) is 102 Å². The summed E-state index contributed by atoms with van der Waals surface area (Å²) < 4.78 is 6.08. The van der Waals surface area contributed by atoms with Crippen LogP contribution in [0.5, 0.6) is 0 Å². The predicted molar refractivity (Wildman–Crippen MR) is 175 cm³/mol. The second kappa shape index (κ2) is 10.4. The van der Waals surface area contributed by atoms with Crippen LogP contribution in [-0.4, -0.2) is 15.0 Å². The third kappa shape index (κ3) is 4.57. The lowest BCUT2D eigenvalue weighted by Crippen LogP contribution is -2.42. The van der Waals surface area contributed by atoms with Crippen molar-refractivity contribution < 1.29 is 4.42 Å². The minimum absolute atomic E-state index is 0.284. The normalized spacial score (nSPS) is 23.1. The Kier molecular flexibility index (Phi) is 6.34. The molecule has 4 aromatic carbocycles. The Labute approximate surface area is 257 Å². The molecule has 0 spiro atoms. The quantitative estimate of drug-likeness (QED) is 0.209. The summed E-state index contributed by atoms with van der Waals surface area (Å²) in [6.07, 6.45) is 6.63. The summed E-state index contributed by atoms with van der Waals surface area (Å²) in [4.78, 5) is 14.9. The molecule has 2 heterocycles. The molecule has 5 nitrogen and oxygen atoms in total. The van der Waals surface area contributed by atoms with E-state index >= 15 is 0 Å². The van der Waals surface area contributed by atoms with E-state index in [4.69, 9.17) is 19.4 Å². The maximum absolute atomic E-state index is 9.59. The van der Waals surface area contributed by atoms with Crippen molar-refractivity contribution in [1.29, 1.82) is 5.26 Å². The number of nitrogens with zero attached hydrogens (tertiary/aromatic N) is 4. The maximum Gasteiger partial charge on any atom is 0.164 e. The Bertz CT molecular complexity index is 2040. The molecule has 2 aromatic heterocycles. The molecule has 6 aromatic rings. The zero-order chi connectivity index (χ0) is 29.8. The van der Waals surface area contributed by atoms with Gasteiger partial charge in [0.1, 0.15) is 11.7 Å². The highest BCUT2D eigenvalue weighted by atomic mass is 16.3. The second-order valence-electron chi connectivity index (χ2n) is 13.3. The van der Waals surface area contributed by atoms with Crippen molar-refractivity contribution in [1.82, 2.24) is 15.0 Å². The molecule has 8 rings (SSSR count). The molecule has 2 fully saturated rings. The second-order valence-corrected chi connectivity index (χ2v) is 13.3. The smallest absolute Gasteiger partial charge is 0.164 e. The topological polar surface area (TPSA) is 75.6 Å². The van der Waals surface area contributed by atoms with E-state index in [1.807, 2.05) is 54.6 Å². The molecule has 0 radical (unpaired) electrons. The van der Waals surface area contributed by atoms with Crippen molar-refractivity contribution in [3.63, 3.8) is 0 Å². The number of rotatable bonds is 4. The fraction of sp³-hybridized carbons (Fsp3) is 0.282. The van der Waals surface area contributed by atoms with Gasteiger partial charge in [-0.25, -0.2) is 15.0 Å². The van der Waals surface area contributed by atoms with Gasteiger partial charge >= 0.3 is 0 Å². The molecular weight excluding hydrogens is 540 g/mol. The minimum Gasteiger partial charge on any atom is -0.455 e. The van der Waals surface area contributed by atoms with Crippen LogP contribution in [0, 0.1) is 29.1 Å². The number of benzene rings is 4. The van der Waals surface area contributed by atoms with Crippen LogP contribution in [0.15, 0.2) is 95.4 Å². The molecule has 4 atom stereocenters. The third-order valence-corrected chi connectivity index (χ3v) is 9.93. The van der Waals surface area contributed by atoms with Crippen LogP contribution < -0.4 is 0 Å². The van der Waals surface area contributed by atoms with Gasteiger partial charge in [0.05, 0.1) is 5.56 Å². The van der Waals surface area contributed by atoms with E-state index in [0.717, 1.165) is 50.8 Å². The summed E-state index contributed by atoms with van der Waals surface area (Å²) in [5.41, 5.74) is 6.42. The van der Waals surface area contributed by atoms with E-state index in [9.17, 15) is 5.26 Å². The van der Waals surface area contributed by atoms with Crippen LogP contribution in [0.4, 0.5) is 0 Å². The van der Waals surface area contributed by atoms with Crippen molar-refractivity contribution >= 4 is 21.9 Å². The molecule has 2 aliphatic rings. The highest BCUT2D eigenvalue weighted by Crippen LogP contribution is 2.54. The molecule has 0 saturated heterocycles. The first-order chi connectivity index (χ1) is 21.5. The predicted octanol–water partition coefficient (Wildman–Crippen LogP) is 9.75. The summed E-state index contributed by atoms with van der Waals surface area (Å²) in [6.45, 7) is 4.88. The third-order valence-electron chi connectivity index (χ3n) is 9.93. The molecule has 2 aliphatic carbocycles. The Morgan fingerprint density at radius 1 is 0.682 bits per heavy atom. The van der Waals surface area contributed by atoms with Crippen LogP contribution in [0.2, 0.25) is 0 Å². The number of para-hydroxylation sites is 1. The molecule has 2 bridgehead atoms. The van der Waals surface area contributed by atoms with Gasteiger partial charge in [-0.2, -0.15) is 5.26 Å².